The van der Waals surface area contributed by atoms with E-state index < -0.39 is 18.1 Å². The van der Waals surface area contributed by atoms with Gasteiger partial charge < -0.3 is 15.2 Å². The number of amides is 1. The van der Waals surface area contributed by atoms with E-state index in [2.05, 4.69) is 0 Å². The van der Waals surface area contributed by atoms with Crippen LogP contribution in [0.5, 0.6) is 5.75 Å². The molecule has 2 aromatic rings. The minimum Gasteiger partial charge on any atom is -0.482 e. The lowest BCUT2D eigenvalue weighted by molar-refractivity contribution is -0.133. The van der Waals surface area contributed by atoms with Gasteiger partial charge in [0, 0.05) is 7.11 Å². The Hall–Kier alpha value is -2.33. The lowest BCUT2D eigenvalue weighted by Gasteiger charge is -2.25. The Balaban J connectivity index is 2.31. The van der Waals surface area contributed by atoms with Gasteiger partial charge >= 0.3 is 0 Å². The first-order chi connectivity index (χ1) is 9.72. The van der Waals surface area contributed by atoms with Gasteiger partial charge in [0.15, 0.2) is 12.2 Å². The van der Waals surface area contributed by atoms with Crippen LogP contribution in [0.3, 0.4) is 0 Å². The quantitative estimate of drug-likeness (QED) is 0.877. The minimum atomic E-state index is -0.849. The molecule has 0 aromatic heterocycles. The first-order valence-corrected chi connectivity index (χ1v) is 6.31. The molecule has 2 atom stereocenters. The van der Waals surface area contributed by atoms with Crippen LogP contribution in [0.1, 0.15) is 11.7 Å². The summed E-state index contributed by atoms with van der Waals surface area (Å²) in [6.45, 7) is 0. The van der Waals surface area contributed by atoms with Crippen LogP contribution in [0.25, 0.3) is 0 Å². The van der Waals surface area contributed by atoms with E-state index in [1.54, 1.807) is 0 Å². The summed E-state index contributed by atoms with van der Waals surface area (Å²) in [5, 5.41) is 0. The van der Waals surface area contributed by atoms with Crippen LogP contribution in [-0.4, -0.2) is 19.1 Å². The highest BCUT2D eigenvalue weighted by molar-refractivity contribution is 5.79. The van der Waals surface area contributed by atoms with Crippen LogP contribution < -0.4 is 10.5 Å². The highest BCUT2D eigenvalue weighted by atomic mass is 16.5. The third kappa shape index (κ3) is 3.36. The second-order valence-corrected chi connectivity index (χ2v) is 4.32. The van der Waals surface area contributed by atoms with E-state index in [9.17, 15) is 4.79 Å². The van der Waals surface area contributed by atoms with Crippen LogP contribution in [0.4, 0.5) is 0 Å². The second-order valence-electron chi connectivity index (χ2n) is 4.32. The van der Waals surface area contributed by atoms with E-state index in [1.807, 2.05) is 60.7 Å². The molecule has 0 fully saturated rings. The number of carbonyl (C=O) groups is 1. The van der Waals surface area contributed by atoms with E-state index in [0.717, 1.165) is 5.56 Å². The summed E-state index contributed by atoms with van der Waals surface area (Å²) >= 11 is 0. The van der Waals surface area contributed by atoms with E-state index in [4.69, 9.17) is 15.2 Å². The molecule has 0 saturated heterocycles. The molecule has 0 unspecified atom stereocenters. The zero-order valence-corrected chi connectivity index (χ0v) is 11.2. The molecule has 2 N–H and O–H groups in total. The molecule has 104 valence electrons. The van der Waals surface area contributed by atoms with Gasteiger partial charge in [-0.05, 0) is 17.7 Å². The SMILES string of the molecule is CO[C@@H](C(N)=O)[C@@H](Oc1ccccc1)c1ccccc1. The number of hydrogen-bond acceptors (Lipinski definition) is 3. The molecule has 0 saturated carbocycles. The van der Waals surface area contributed by atoms with E-state index in [-0.39, 0.29) is 0 Å². The molecule has 1 amide bonds. The van der Waals surface area contributed by atoms with Crippen molar-refractivity contribution in [3.63, 3.8) is 0 Å². The van der Waals surface area contributed by atoms with Crippen molar-refractivity contribution >= 4 is 5.91 Å². The minimum absolute atomic E-state index is 0.558. The molecular formula is C16H17NO3. The van der Waals surface area contributed by atoms with Gasteiger partial charge in [-0.15, -0.1) is 0 Å². The van der Waals surface area contributed by atoms with E-state index in [1.165, 1.54) is 7.11 Å². The summed E-state index contributed by atoms with van der Waals surface area (Å²) in [6.07, 6.45) is -1.43. The number of nitrogens with two attached hydrogens (primary N) is 1. The highest BCUT2D eigenvalue weighted by Gasteiger charge is 2.29. The number of hydrogen-bond donors (Lipinski definition) is 1. The van der Waals surface area contributed by atoms with Gasteiger partial charge in [-0.1, -0.05) is 48.5 Å². The fourth-order valence-electron chi connectivity index (χ4n) is 1.98. The van der Waals surface area contributed by atoms with Gasteiger partial charge in [0.25, 0.3) is 5.91 Å². The predicted molar refractivity (Wildman–Crippen MR) is 76.2 cm³/mol. The number of rotatable bonds is 6. The number of primary amides is 1. The molecule has 0 aliphatic carbocycles. The predicted octanol–water partition coefficient (Wildman–Crippen LogP) is 2.31. The topological polar surface area (TPSA) is 61.5 Å². The van der Waals surface area contributed by atoms with Crippen LogP contribution in [0, 0.1) is 0 Å². The first-order valence-electron chi connectivity index (χ1n) is 6.31. The monoisotopic (exact) mass is 271 g/mol. The van der Waals surface area contributed by atoms with Crippen molar-refractivity contribution in [3.8, 4) is 5.75 Å². The molecule has 4 heteroatoms. The zero-order valence-electron chi connectivity index (χ0n) is 11.2. The molecule has 4 nitrogen and oxygen atoms in total. The summed E-state index contributed by atoms with van der Waals surface area (Å²) in [5.74, 6) is 0.0990. The first kappa shape index (κ1) is 14.1. The number of para-hydroxylation sites is 1. The molecular weight excluding hydrogens is 254 g/mol. The van der Waals surface area contributed by atoms with Gasteiger partial charge in [0.2, 0.25) is 0 Å². The molecule has 2 aromatic carbocycles. The van der Waals surface area contributed by atoms with E-state index >= 15 is 0 Å². The summed E-state index contributed by atoms with van der Waals surface area (Å²) in [7, 11) is 1.44. The van der Waals surface area contributed by atoms with Crippen LogP contribution in [0.2, 0.25) is 0 Å². The van der Waals surface area contributed by atoms with Gasteiger partial charge in [-0.25, -0.2) is 0 Å². The average Bonchev–Trinajstić information content (AvgIpc) is 2.48. The third-order valence-corrected chi connectivity index (χ3v) is 2.94. The number of methoxy groups -OCH3 is 1. The Morgan fingerprint density at radius 2 is 1.55 bits per heavy atom. The third-order valence-electron chi connectivity index (χ3n) is 2.94. The maximum Gasteiger partial charge on any atom is 0.250 e. The largest absolute Gasteiger partial charge is 0.482 e. The van der Waals surface area contributed by atoms with Gasteiger partial charge in [-0.2, -0.15) is 0 Å². The molecule has 0 spiro atoms. The van der Waals surface area contributed by atoms with Gasteiger partial charge in [0.1, 0.15) is 5.75 Å². The zero-order chi connectivity index (χ0) is 14.4. The van der Waals surface area contributed by atoms with Crippen molar-refractivity contribution < 1.29 is 14.3 Å². The Labute approximate surface area is 118 Å². The molecule has 0 bridgehead atoms. The van der Waals surface area contributed by atoms with Crippen molar-refractivity contribution in [2.24, 2.45) is 5.73 Å². The number of benzene rings is 2. The highest BCUT2D eigenvalue weighted by Crippen LogP contribution is 2.26. The maximum atomic E-state index is 11.6. The van der Waals surface area contributed by atoms with Crippen LogP contribution in [-0.2, 0) is 9.53 Å². The van der Waals surface area contributed by atoms with Gasteiger partial charge in [-0.3, -0.25) is 4.79 Å². The summed E-state index contributed by atoms with van der Waals surface area (Å²) in [5.41, 5.74) is 6.23. The van der Waals surface area contributed by atoms with Crippen LogP contribution >= 0.6 is 0 Å². The summed E-state index contributed by atoms with van der Waals surface area (Å²) < 4.78 is 11.1. The molecule has 2 rings (SSSR count). The molecule has 0 radical (unpaired) electrons. The fraction of sp³-hybridized carbons (Fsp3) is 0.188. The Morgan fingerprint density at radius 3 is 2.05 bits per heavy atom. The Kier molecular flexibility index (Phi) is 4.74. The van der Waals surface area contributed by atoms with Crippen molar-refractivity contribution in [3.05, 3.63) is 66.2 Å². The van der Waals surface area contributed by atoms with Crippen molar-refractivity contribution in [2.45, 2.75) is 12.2 Å². The number of carbonyl (C=O) groups excluding carboxylic acids is 1. The van der Waals surface area contributed by atoms with Gasteiger partial charge in [0.05, 0.1) is 0 Å². The summed E-state index contributed by atoms with van der Waals surface area (Å²) in [6, 6.07) is 18.7. The normalized spacial score (nSPS) is 13.4. The smallest absolute Gasteiger partial charge is 0.250 e. The second kappa shape index (κ2) is 6.73. The van der Waals surface area contributed by atoms with Crippen LogP contribution in [0.15, 0.2) is 60.7 Å². The molecule has 0 aliphatic rings. The fourth-order valence-corrected chi connectivity index (χ4v) is 1.98. The maximum absolute atomic E-state index is 11.6. The van der Waals surface area contributed by atoms with Crippen molar-refractivity contribution in [2.75, 3.05) is 7.11 Å². The average molecular weight is 271 g/mol. The standard InChI is InChI=1S/C16H17NO3/c1-19-15(16(17)18)14(12-8-4-2-5-9-12)20-13-10-6-3-7-11-13/h2-11,14-15H,1H3,(H2,17,18)/t14-,15+/m0/s1. The molecule has 0 heterocycles. The lowest BCUT2D eigenvalue weighted by Crippen LogP contribution is -2.38. The Bertz CT molecular complexity index is 542. The van der Waals surface area contributed by atoms with Crippen molar-refractivity contribution in [1.82, 2.24) is 0 Å². The molecule has 0 aliphatic heterocycles. The summed E-state index contributed by atoms with van der Waals surface area (Å²) in [4.78, 5) is 11.6. The number of ether oxygens (including phenoxy) is 2. The molecule has 20 heavy (non-hydrogen) atoms. The lowest BCUT2D eigenvalue weighted by atomic mass is 10.0. The van der Waals surface area contributed by atoms with Crippen molar-refractivity contribution in [1.29, 1.82) is 0 Å². The van der Waals surface area contributed by atoms with E-state index in [0.29, 0.717) is 5.75 Å². The Morgan fingerprint density at radius 1 is 1.00 bits per heavy atom.